The molecule has 0 aliphatic heterocycles. The lowest BCUT2D eigenvalue weighted by Gasteiger charge is -2.09. The highest BCUT2D eigenvalue weighted by Crippen LogP contribution is 2.18. The van der Waals surface area contributed by atoms with Crippen LogP contribution in [-0.4, -0.2) is 30.3 Å². The number of carbonyl (C=O) groups is 1. The van der Waals surface area contributed by atoms with Crippen LogP contribution >= 0.6 is 11.6 Å². The zero-order chi connectivity index (χ0) is 17.6. The first-order valence-electron chi connectivity index (χ1n) is 6.66. The Hall–Kier alpha value is -2.48. The summed E-state index contributed by atoms with van der Waals surface area (Å²) in [7, 11) is 0. The topological polar surface area (TPSA) is 60.5 Å². The molecular weight excluding hydrogens is 349 g/mol. The van der Waals surface area contributed by atoms with Gasteiger partial charge in [-0.15, -0.1) is 0 Å². The van der Waals surface area contributed by atoms with E-state index in [-0.39, 0.29) is 12.5 Å². The van der Waals surface area contributed by atoms with Crippen molar-refractivity contribution in [1.29, 1.82) is 0 Å². The SMILES string of the molecule is O=C(COc1ccc(Cl)cc1)Nc1ccc(OCC(F)(F)F)nc1. The Morgan fingerprint density at radius 1 is 1.12 bits per heavy atom. The number of hydrogen-bond donors (Lipinski definition) is 1. The molecule has 24 heavy (non-hydrogen) atoms. The molecule has 2 aromatic rings. The van der Waals surface area contributed by atoms with Gasteiger partial charge in [-0.3, -0.25) is 4.79 Å². The number of ether oxygens (including phenoxy) is 2. The van der Waals surface area contributed by atoms with Gasteiger partial charge < -0.3 is 14.8 Å². The van der Waals surface area contributed by atoms with E-state index in [0.29, 0.717) is 16.5 Å². The molecule has 0 saturated carbocycles. The summed E-state index contributed by atoms with van der Waals surface area (Å²) in [5, 5.41) is 3.04. The average Bonchev–Trinajstić information content (AvgIpc) is 2.53. The van der Waals surface area contributed by atoms with Gasteiger partial charge in [-0.2, -0.15) is 13.2 Å². The zero-order valence-corrected chi connectivity index (χ0v) is 12.9. The summed E-state index contributed by atoms with van der Waals surface area (Å²) in [6.07, 6.45) is -3.25. The number of aromatic nitrogens is 1. The van der Waals surface area contributed by atoms with Crippen molar-refractivity contribution in [2.24, 2.45) is 0 Å². The molecule has 1 N–H and O–H groups in total. The van der Waals surface area contributed by atoms with Crippen molar-refractivity contribution in [3.63, 3.8) is 0 Å². The minimum absolute atomic E-state index is 0.192. The van der Waals surface area contributed by atoms with Crippen LogP contribution in [-0.2, 0) is 4.79 Å². The van der Waals surface area contributed by atoms with Crippen molar-refractivity contribution in [3.05, 3.63) is 47.6 Å². The van der Waals surface area contributed by atoms with E-state index < -0.39 is 18.7 Å². The van der Waals surface area contributed by atoms with Gasteiger partial charge in [-0.1, -0.05) is 11.6 Å². The van der Waals surface area contributed by atoms with E-state index in [0.717, 1.165) is 0 Å². The first-order valence-corrected chi connectivity index (χ1v) is 7.03. The van der Waals surface area contributed by atoms with E-state index in [1.807, 2.05) is 0 Å². The van der Waals surface area contributed by atoms with Gasteiger partial charge in [0.1, 0.15) is 5.75 Å². The highest BCUT2D eigenvalue weighted by atomic mass is 35.5. The average molecular weight is 361 g/mol. The number of pyridine rings is 1. The third-order valence-electron chi connectivity index (χ3n) is 2.59. The number of carbonyl (C=O) groups excluding carboxylic acids is 1. The summed E-state index contributed by atoms with van der Waals surface area (Å²) in [6, 6.07) is 9.07. The molecule has 5 nitrogen and oxygen atoms in total. The fraction of sp³-hybridized carbons (Fsp3) is 0.200. The number of alkyl halides is 3. The van der Waals surface area contributed by atoms with E-state index in [1.54, 1.807) is 24.3 Å². The molecule has 1 heterocycles. The molecule has 1 amide bonds. The van der Waals surface area contributed by atoms with Crippen LogP contribution in [0.5, 0.6) is 11.6 Å². The van der Waals surface area contributed by atoms with Gasteiger partial charge in [-0.25, -0.2) is 4.98 Å². The molecule has 9 heteroatoms. The summed E-state index contributed by atoms with van der Waals surface area (Å²) in [5.74, 6) is -0.165. The minimum atomic E-state index is -4.44. The summed E-state index contributed by atoms with van der Waals surface area (Å²) in [4.78, 5) is 15.4. The number of amides is 1. The van der Waals surface area contributed by atoms with E-state index >= 15 is 0 Å². The Bertz CT molecular complexity index is 676. The zero-order valence-electron chi connectivity index (χ0n) is 12.1. The van der Waals surface area contributed by atoms with Crippen LogP contribution in [0.1, 0.15) is 0 Å². The third-order valence-corrected chi connectivity index (χ3v) is 2.84. The van der Waals surface area contributed by atoms with E-state index in [1.165, 1.54) is 18.3 Å². The molecule has 0 unspecified atom stereocenters. The van der Waals surface area contributed by atoms with Crippen molar-refractivity contribution in [3.8, 4) is 11.6 Å². The Labute approximate surface area is 140 Å². The second kappa shape index (κ2) is 7.87. The van der Waals surface area contributed by atoms with Crippen LogP contribution in [0.2, 0.25) is 5.02 Å². The number of benzene rings is 1. The number of hydrogen-bond acceptors (Lipinski definition) is 4. The second-order valence-corrected chi connectivity index (χ2v) is 5.02. The highest BCUT2D eigenvalue weighted by molar-refractivity contribution is 6.30. The molecule has 0 atom stereocenters. The fourth-order valence-electron chi connectivity index (χ4n) is 1.57. The van der Waals surface area contributed by atoms with E-state index in [4.69, 9.17) is 16.3 Å². The summed E-state index contributed by atoms with van der Waals surface area (Å²) >= 11 is 5.73. The van der Waals surface area contributed by atoms with E-state index in [2.05, 4.69) is 15.0 Å². The van der Waals surface area contributed by atoms with Crippen LogP contribution < -0.4 is 14.8 Å². The largest absolute Gasteiger partial charge is 0.484 e. The predicted molar refractivity (Wildman–Crippen MR) is 81.4 cm³/mol. The number of nitrogens with zero attached hydrogens (tertiary/aromatic N) is 1. The van der Waals surface area contributed by atoms with Crippen LogP contribution in [0.4, 0.5) is 18.9 Å². The van der Waals surface area contributed by atoms with Gasteiger partial charge >= 0.3 is 6.18 Å². The maximum absolute atomic E-state index is 12.0. The summed E-state index contributed by atoms with van der Waals surface area (Å²) < 4.78 is 45.7. The van der Waals surface area contributed by atoms with Crippen LogP contribution in [0, 0.1) is 0 Å². The lowest BCUT2D eigenvalue weighted by atomic mass is 10.3. The van der Waals surface area contributed by atoms with Gasteiger partial charge in [0, 0.05) is 11.1 Å². The Kier molecular flexibility index (Phi) is 5.86. The smallest absolute Gasteiger partial charge is 0.422 e. The predicted octanol–water partition coefficient (Wildman–Crippen LogP) is 3.69. The molecule has 2 rings (SSSR count). The standard InChI is InChI=1S/C15H12ClF3N2O3/c16-10-1-4-12(5-2-10)23-8-13(22)21-11-3-6-14(20-7-11)24-9-15(17,18)19/h1-7H,8-9H2,(H,21,22). The number of nitrogens with one attached hydrogen (secondary N) is 1. The Morgan fingerprint density at radius 3 is 2.42 bits per heavy atom. The summed E-state index contributed by atoms with van der Waals surface area (Å²) in [6.45, 7) is -1.67. The first kappa shape index (κ1) is 17.9. The van der Waals surface area contributed by atoms with Gasteiger partial charge in [0.05, 0.1) is 11.9 Å². The monoisotopic (exact) mass is 360 g/mol. The van der Waals surface area contributed by atoms with Gasteiger partial charge in [0.15, 0.2) is 13.2 Å². The van der Waals surface area contributed by atoms with E-state index in [9.17, 15) is 18.0 Å². The van der Waals surface area contributed by atoms with Crippen molar-refractivity contribution < 1.29 is 27.4 Å². The van der Waals surface area contributed by atoms with Crippen molar-refractivity contribution in [2.75, 3.05) is 18.5 Å². The maximum atomic E-state index is 12.0. The van der Waals surface area contributed by atoms with Crippen molar-refractivity contribution >= 4 is 23.2 Å². The van der Waals surface area contributed by atoms with Gasteiger partial charge in [0.2, 0.25) is 5.88 Å². The van der Waals surface area contributed by atoms with Crippen LogP contribution in [0.3, 0.4) is 0 Å². The molecule has 0 aliphatic rings. The molecule has 0 saturated heterocycles. The van der Waals surface area contributed by atoms with Crippen LogP contribution in [0.15, 0.2) is 42.6 Å². The maximum Gasteiger partial charge on any atom is 0.422 e. The molecular formula is C15H12ClF3N2O3. The van der Waals surface area contributed by atoms with Crippen molar-refractivity contribution in [2.45, 2.75) is 6.18 Å². The quantitative estimate of drug-likeness (QED) is 0.853. The van der Waals surface area contributed by atoms with Gasteiger partial charge in [-0.05, 0) is 30.3 Å². The highest BCUT2D eigenvalue weighted by Gasteiger charge is 2.28. The number of rotatable bonds is 6. The molecule has 1 aromatic carbocycles. The molecule has 0 spiro atoms. The molecule has 0 radical (unpaired) electrons. The lowest BCUT2D eigenvalue weighted by Crippen LogP contribution is -2.21. The van der Waals surface area contributed by atoms with Crippen molar-refractivity contribution in [1.82, 2.24) is 4.98 Å². The molecule has 0 bridgehead atoms. The normalized spacial score (nSPS) is 11.0. The minimum Gasteiger partial charge on any atom is -0.484 e. The molecule has 1 aromatic heterocycles. The molecule has 0 aliphatic carbocycles. The number of halogens is 4. The van der Waals surface area contributed by atoms with Gasteiger partial charge in [0.25, 0.3) is 5.91 Å². The fourth-order valence-corrected chi connectivity index (χ4v) is 1.70. The first-order chi connectivity index (χ1) is 11.3. The lowest BCUT2D eigenvalue weighted by molar-refractivity contribution is -0.154. The Morgan fingerprint density at radius 2 is 1.83 bits per heavy atom. The Balaban J connectivity index is 1.80. The third kappa shape index (κ3) is 6.33. The molecule has 0 fully saturated rings. The van der Waals surface area contributed by atoms with Crippen LogP contribution in [0.25, 0.3) is 0 Å². The second-order valence-electron chi connectivity index (χ2n) is 4.58. The number of anilines is 1. The molecule has 128 valence electrons. The summed E-state index contributed by atoms with van der Waals surface area (Å²) in [5.41, 5.74) is 0.305.